The van der Waals surface area contributed by atoms with Gasteiger partial charge in [-0.1, -0.05) is 19.8 Å². The highest BCUT2D eigenvalue weighted by atomic mass is 15.3. The number of rotatable bonds is 5. The molecule has 4 heteroatoms. The van der Waals surface area contributed by atoms with E-state index in [2.05, 4.69) is 42.3 Å². The maximum absolute atomic E-state index is 4.36. The molecule has 1 aliphatic heterocycles. The molecule has 0 spiro atoms. The molecule has 0 bridgehead atoms. The van der Waals surface area contributed by atoms with Gasteiger partial charge >= 0.3 is 0 Å². The zero-order valence-electron chi connectivity index (χ0n) is 13.5. The minimum atomic E-state index is 0.114. The first-order valence-electron chi connectivity index (χ1n) is 8.02. The minimum absolute atomic E-state index is 0.114. The predicted molar refractivity (Wildman–Crippen MR) is 83.7 cm³/mol. The third-order valence-corrected chi connectivity index (χ3v) is 4.59. The van der Waals surface area contributed by atoms with Gasteiger partial charge in [0.25, 0.3) is 0 Å². The van der Waals surface area contributed by atoms with Gasteiger partial charge in [-0.15, -0.1) is 0 Å². The summed E-state index contributed by atoms with van der Waals surface area (Å²) in [4.78, 5) is 2.67. The van der Waals surface area contributed by atoms with Crippen LogP contribution in [-0.4, -0.2) is 39.9 Å². The van der Waals surface area contributed by atoms with Gasteiger partial charge in [0.05, 0.1) is 12.2 Å². The SMILES string of the molecule is CCNC(c1cnn(C)c1)C(C)(C)N1CCCCCC1. The van der Waals surface area contributed by atoms with Gasteiger partial charge in [-0.3, -0.25) is 9.58 Å². The Morgan fingerprint density at radius 1 is 1.25 bits per heavy atom. The van der Waals surface area contributed by atoms with Gasteiger partial charge in [0, 0.05) is 24.3 Å². The summed E-state index contributed by atoms with van der Waals surface area (Å²) in [6.45, 7) is 10.3. The smallest absolute Gasteiger partial charge is 0.0538 e. The van der Waals surface area contributed by atoms with Crippen molar-refractivity contribution >= 4 is 0 Å². The number of aryl methyl sites for hydroxylation is 1. The zero-order valence-corrected chi connectivity index (χ0v) is 13.5. The first-order chi connectivity index (χ1) is 9.55. The van der Waals surface area contributed by atoms with Gasteiger partial charge in [-0.2, -0.15) is 5.10 Å². The van der Waals surface area contributed by atoms with Crippen molar-refractivity contribution in [3.63, 3.8) is 0 Å². The second-order valence-corrected chi connectivity index (χ2v) is 6.49. The van der Waals surface area contributed by atoms with Crippen LogP contribution in [0.25, 0.3) is 0 Å². The maximum Gasteiger partial charge on any atom is 0.0538 e. The third-order valence-electron chi connectivity index (χ3n) is 4.59. The summed E-state index contributed by atoms with van der Waals surface area (Å²) in [6.07, 6.45) is 9.57. The molecule has 1 aliphatic rings. The fraction of sp³-hybridized carbons (Fsp3) is 0.812. The second kappa shape index (κ2) is 6.72. The molecule has 1 aromatic heterocycles. The second-order valence-electron chi connectivity index (χ2n) is 6.49. The Morgan fingerprint density at radius 2 is 1.90 bits per heavy atom. The third kappa shape index (κ3) is 3.41. The van der Waals surface area contributed by atoms with E-state index in [1.807, 2.05) is 17.9 Å². The average molecular weight is 278 g/mol. The van der Waals surface area contributed by atoms with Crippen molar-refractivity contribution in [2.75, 3.05) is 19.6 Å². The number of likely N-dealkylation sites (tertiary alicyclic amines) is 1. The summed E-state index contributed by atoms with van der Waals surface area (Å²) in [5, 5.41) is 8.03. The normalized spacial score (nSPS) is 19.8. The van der Waals surface area contributed by atoms with Crippen LogP contribution in [-0.2, 0) is 7.05 Å². The van der Waals surface area contributed by atoms with Crippen LogP contribution >= 0.6 is 0 Å². The number of hydrogen-bond donors (Lipinski definition) is 1. The van der Waals surface area contributed by atoms with Gasteiger partial charge in [-0.05, 0) is 46.3 Å². The summed E-state index contributed by atoms with van der Waals surface area (Å²) >= 11 is 0. The lowest BCUT2D eigenvalue weighted by molar-refractivity contribution is 0.0840. The van der Waals surface area contributed by atoms with Crippen LogP contribution in [0.1, 0.15) is 58.1 Å². The van der Waals surface area contributed by atoms with E-state index in [1.54, 1.807) is 0 Å². The minimum Gasteiger partial charge on any atom is -0.309 e. The maximum atomic E-state index is 4.36. The van der Waals surface area contributed by atoms with Crippen molar-refractivity contribution in [2.24, 2.45) is 7.05 Å². The van der Waals surface area contributed by atoms with E-state index < -0.39 is 0 Å². The van der Waals surface area contributed by atoms with Crippen LogP contribution in [0.15, 0.2) is 12.4 Å². The predicted octanol–water partition coefficient (Wildman–Crippen LogP) is 2.73. The molecular formula is C16H30N4. The Hall–Kier alpha value is -0.870. The molecule has 0 aliphatic carbocycles. The van der Waals surface area contributed by atoms with Crippen LogP contribution < -0.4 is 5.32 Å². The molecule has 4 nitrogen and oxygen atoms in total. The van der Waals surface area contributed by atoms with Gasteiger partial charge in [0.2, 0.25) is 0 Å². The fourth-order valence-corrected chi connectivity index (χ4v) is 3.40. The number of nitrogens with zero attached hydrogens (tertiary/aromatic N) is 3. The van der Waals surface area contributed by atoms with Crippen molar-refractivity contribution in [2.45, 2.75) is 58.0 Å². The van der Waals surface area contributed by atoms with Crippen molar-refractivity contribution in [1.82, 2.24) is 20.0 Å². The standard InChI is InChI=1S/C16H30N4/c1-5-17-15(14-12-18-19(4)13-14)16(2,3)20-10-8-6-7-9-11-20/h12-13,15,17H,5-11H2,1-4H3. The fourth-order valence-electron chi connectivity index (χ4n) is 3.40. The Kier molecular flexibility index (Phi) is 5.22. The zero-order chi connectivity index (χ0) is 14.6. The van der Waals surface area contributed by atoms with Gasteiger partial charge in [0.15, 0.2) is 0 Å². The van der Waals surface area contributed by atoms with Crippen LogP contribution in [0, 0.1) is 0 Å². The molecule has 1 fully saturated rings. The highest BCUT2D eigenvalue weighted by Gasteiger charge is 2.36. The Bertz CT molecular complexity index is 402. The molecule has 114 valence electrons. The number of likely N-dealkylation sites (N-methyl/N-ethyl adjacent to an activating group) is 1. The summed E-state index contributed by atoms with van der Waals surface area (Å²) in [6, 6.07) is 0.333. The van der Waals surface area contributed by atoms with Gasteiger partial charge in [-0.25, -0.2) is 0 Å². The molecular weight excluding hydrogens is 248 g/mol. The first kappa shape index (κ1) is 15.5. The molecule has 20 heavy (non-hydrogen) atoms. The van der Waals surface area contributed by atoms with E-state index in [0.29, 0.717) is 6.04 Å². The summed E-state index contributed by atoms with van der Waals surface area (Å²) in [5.74, 6) is 0. The van der Waals surface area contributed by atoms with Crippen molar-refractivity contribution < 1.29 is 0 Å². The van der Waals surface area contributed by atoms with E-state index in [4.69, 9.17) is 0 Å². The van der Waals surface area contributed by atoms with Gasteiger partial charge < -0.3 is 5.32 Å². The lowest BCUT2D eigenvalue weighted by Crippen LogP contribution is -2.53. The van der Waals surface area contributed by atoms with Crippen LogP contribution in [0.3, 0.4) is 0 Å². The molecule has 0 radical (unpaired) electrons. The number of aromatic nitrogens is 2. The van der Waals surface area contributed by atoms with Crippen molar-refractivity contribution in [3.8, 4) is 0 Å². The van der Waals surface area contributed by atoms with E-state index in [0.717, 1.165) is 6.54 Å². The average Bonchev–Trinajstić information content (AvgIpc) is 2.68. The molecule has 0 aromatic carbocycles. The molecule has 0 amide bonds. The van der Waals surface area contributed by atoms with Crippen LogP contribution in [0.2, 0.25) is 0 Å². The summed E-state index contributed by atoms with van der Waals surface area (Å²) < 4.78 is 1.90. The van der Waals surface area contributed by atoms with E-state index >= 15 is 0 Å². The van der Waals surface area contributed by atoms with E-state index in [-0.39, 0.29) is 5.54 Å². The molecule has 1 unspecified atom stereocenters. The lowest BCUT2D eigenvalue weighted by Gasteiger charge is -2.44. The largest absolute Gasteiger partial charge is 0.309 e. The quantitative estimate of drug-likeness (QED) is 0.899. The molecule has 0 saturated carbocycles. The highest BCUT2D eigenvalue weighted by Crippen LogP contribution is 2.32. The van der Waals surface area contributed by atoms with Crippen molar-refractivity contribution in [1.29, 1.82) is 0 Å². The summed E-state index contributed by atoms with van der Waals surface area (Å²) in [7, 11) is 1.99. The van der Waals surface area contributed by atoms with Crippen LogP contribution in [0.4, 0.5) is 0 Å². The Labute approximate surface area is 123 Å². The van der Waals surface area contributed by atoms with Gasteiger partial charge in [0.1, 0.15) is 0 Å². The highest BCUT2D eigenvalue weighted by molar-refractivity contribution is 5.16. The van der Waals surface area contributed by atoms with E-state index in [9.17, 15) is 0 Å². The number of hydrogen-bond acceptors (Lipinski definition) is 3. The molecule has 1 aromatic rings. The topological polar surface area (TPSA) is 33.1 Å². The monoisotopic (exact) mass is 278 g/mol. The number of nitrogens with one attached hydrogen (secondary N) is 1. The van der Waals surface area contributed by atoms with E-state index in [1.165, 1.54) is 44.3 Å². The molecule has 2 heterocycles. The molecule has 1 saturated heterocycles. The molecule has 1 N–H and O–H groups in total. The lowest BCUT2D eigenvalue weighted by atomic mass is 9.88. The first-order valence-corrected chi connectivity index (χ1v) is 8.02. The Morgan fingerprint density at radius 3 is 2.40 bits per heavy atom. The summed E-state index contributed by atoms with van der Waals surface area (Å²) in [5.41, 5.74) is 1.41. The Balaban J connectivity index is 2.21. The van der Waals surface area contributed by atoms with Crippen LogP contribution in [0.5, 0.6) is 0 Å². The molecule has 2 rings (SSSR count). The molecule has 1 atom stereocenters. The van der Waals surface area contributed by atoms with Crippen molar-refractivity contribution in [3.05, 3.63) is 18.0 Å².